The quantitative estimate of drug-likeness (QED) is 0.727. The summed E-state index contributed by atoms with van der Waals surface area (Å²) >= 11 is 1.26. The average Bonchev–Trinajstić information content (AvgIpc) is 2.85. The second-order valence-electron chi connectivity index (χ2n) is 5.36. The second-order valence-corrected chi connectivity index (χ2v) is 6.45. The Morgan fingerprint density at radius 1 is 1.59 bits per heavy atom. The molecular weight excluding hydrogens is 308 g/mol. The number of carboxylic acids is 1. The highest BCUT2D eigenvalue weighted by molar-refractivity contribution is 7.17. The zero-order chi connectivity index (χ0) is 15.9. The molecule has 3 heterocycles. The third kappa shape index (κ3) is 2.70. The third-order valence-electron chi connectivity index (χ3n) is 3.59. The summed E-state index contributed by atoms with van der Waals surface area (Å²) in [6.07, 6.45) is 1.62. The monoisotopic (exact) mass is 324 g/mol. The lowest BCUT2D eigenvalue weighted by atomic mass is 10.2. The van der Waals surface area contributed by atoms with Gasteiger partial charge in [-0.15, -0.1) is 0 Å². The zero-order valence-corrected chi connectivity index (χ0v) is 12.8. The number of carbonyl (C=O) groups is 1. The number of nitrogens with zero attached hydrogens (tertiary/aromatic N) is 3. The lowest BCUT2D eigenvalue weighted by Gasteiger charge is -2.31. The van der Waals surface area contributed by atoms with E-state index in [2.05, 4.69) is 22.1 Å². The van der Waals surface area contributed by atoms with Gasteiger partial charge >= 0.3 is 11.5 Å². The molecule has 3 N–H and O–H groups in total. The van der Waals surface area contributed by atoms with Gasteiger partial charge in [0.1, 0.15) is 0 Å². The topological polar surface area (TPSA) is 107 Å². The summed E-state index contributed by atoms with van der Waals surface area (Å²) in [5.41, 5.74) is -1.35. The Bertz CT molecular complexity index is 784. The van der Waals surface area contributed by atoms with Crippen LogP contribution in [0.4, 0.5) is 0 Å². The van der Waals surface area contributed by atoms with Crippen molar-refractivity contribution in [3.63, 3.8) is 0 Å². The molecule has 118 valence electrons. The van der Waals surface area contributed by atoms with E-state index < -0.39 is 23.0 Å². The van der Waals surface area contributed by atoms with Gasteiger partial charge in [0.25, 0.3) is 0 Å². The van der Waals surface area contributed by atoms with Crippen LogP contribution in [-0.4, -0.2) is 56.1 Å². The van der Waals surface area contributed by atoms with Gasteiger partial charge in [0, 0.05) is 43.3 Å². The first kappa shape index (κ1) is 14.9. The maximum absolute atomic E-state index is 12.0. The lowest BCUT2D eigenvalue weighted by molar-refractivity contribution is 0.0687. The molecule has 0 aliphatic carbocycles. The summed E-state index contributed by atoms with van der Waals surface area (Å²) < 4.78 is 1.20. The predicted octanol–water partition coefficient (Wildman–Crippen LogP) is -0.0465. The van der Waals surface area contributed by atoms with Gasteiger partial charge in [-0.2, -0.15) is 0 Å². The van der Waals surface area contributed by atoms with Crippen LogP contribution in [0.2, 0.25) is 0 Å². The normalized spacial score (nSPS) is 19.6. The fraction of sp³-hybridized carbons (Fsp3) is 0.462. The van der Waals surface area contributed by atoms with Crippen molar-refractivity contribution < 1.29 is 15.0 Å². The minimum absolute atomic E-state index is 0.276. The maximum Gasteiger partial charge on any atom is 0.358 e. The molecule has 9 heteroatoms. The molecule has 0 aromatic carbocycles. The fourth-order valence-corrected chi connectivity index (χ4v) is 3.59. The Morgan fingerprint density at radius 2 is 2.36 bits per heavy atom. The van der Waals surface area contributed by atoms with Gasteiger partial charge in [0.15, 0.2) is 10.7 Å². The van der Waals surface area contributed by atoms with E-state index in [1.165, 1.54) is 15.7 Å². The van der Waals surface area contributed by atoms with E-state index in [0.717, 1.165) is 24.5 Å². The predicted molar refractivity (Wildman–Crippen MR) is 80.7 cm³/mol. The lowest BCUT2D eigenvalue weighted by Crippen LogP contribution is -2.48. The maximum atomic E-state index is 12.0. The van der Waals surface area contributed by atoms with Crippen LogP contribution < -0.4 is 10.9 Å². The van der Waals surface area contributed by atoms with Crippen LogP contribution in [0.1, 0.15) is 22.3 Å². The number of fused-ring (bicyclic) bond motifs is 1. The molecule has 0 radical (unpaired) electrons. The summed E-state index contributed by atoms with van der Waals surface area (Å²) in [5, 5.41) is 22.0. The van der Waals surface area contributed by atoms with E-state index in [4.69, 9.17) is 5.11 Å². The number of thiazole rings is 1. The van der Waals surface area contributed by atoms with E-state index in [9.17, 15) is 14.7 Å². The van der Waals surface area contributed by atoms with Crippen LogP contribution in [-0.2, 0) is 6.54 Å². The molecule has 1 unspecified atom stereocenters. The van der Waals surface area contributed by atoms with Crippen molar-refractivity contribution in [2.24, 2.45) is 0 Å². The molecule has 8 nitrogen and oxygen atoms in total. The molecule has 2 aromatic heterocycles. The molecule has 1 saturated heterocycles. The van der Waals surface area contributed by atoms with Crippen LogP contribution >= 0.6 is 11.3 Å². The van der Waals surface area contributed by atoms with Crippen molar-refractivity contribution in [1.29, 1.82) is 0 Å². The minimum atomic E-state index is -1.41. The summed E-state index contributed by atoms with van der Waals surface area (Å²) in [6.45, 7) is 5.51. The summed E-state index contributed by atoms with van der Waals surface area (Å²) in [6, 6.07) is 0.409. The van der Waals surface area contributed by atoms with Gasteiger partial charge in [-0.3, -0.25) is 14.1 Å². The Balaban J connectivity index is 1.94. The molecule has 0 spiro atoms. The number of nitrogens with one attached hydrogen (secondary N) is 1. The molecule has 3 rings (SSSR count). The molecule has 22 heavy (non-hydrogen) atoms. The first-order valence-electron chi connectivity index (χ1n) is 6.89. The molecular formula is C13H16N4O4S. The van der Waals surface area contributed by atoms with E-state index >= 15 is 0 Å². The van der Waals surface area contributed by atoms with Crippen molar-refractivity contribution in [2.45, 2.75) is 19.5 Å². The molecule has 2 aromatic rings. The minimum Gasteiger partial charge on any atom is -0.501 e. The molecule has 1 aliphatic heterocycles. The Morgan fingerprint density at radius 3 is 3.05 bits per heavy atom. The summed E-state index contributed by atoms with van der Waals surface area (Å²) in [7, 11) is 0. The SMILES string of the molecule is CC1CN(Cc2cn3c(=O)c(O)c(C(=O)O)nc3s2)CCN1. The smallest absolute Gasteiger partial charge is 0.358 e. The standard InChI is InChI=1S/C13H16N4O4S/c1-7-4-16(3-2-14-7)5-8-6-17-11(19)10(18)9(12(20)21)15-13(17)22-8/h6-7,14,18H,2-5H2,1H3,(H,20,21). The van der Waals surface area contributed by atoms with Gasteiger partial charge in [0.05, 0.1) is 0 Å². The number of carboxylic acid groups (broad SMARTS) is 1. The van der Waals surface area contributed by atoms with Crippen LogP contribution in [0.15, 0.2) is 11.0 Å². The van der Waals surface area contributed by atoms with E-state index in [0.29, 0.717) is 12.6 Å². The number of hydrogen-bond donors (Lipinski definition) is 3. The van der Waals surface area contributed by atoms with Gasteiger partial charge in [0.2, 0.25) is 5.75 Å². The molecule has 1 aliphatic rings. The second kappa shape index (κ2) is 5.67. The van der Waals surface area contributed by atoms with Crippen molar-refractivity contribution >= 4 is 22.3 Å². The zero-order valence-electron chi connectivity index (χ0n) is 11.9. The third-order valence-corrected chi connectivity index (χ3v) is 4.56. The van der Waals surface area contributed by atoms with Crippen LogP contribution in [0, 0.1) is 0 Å². The average molecular weight is 324 g/mol. The molecule has 1 fully saturated rings. The van der Waals surface area contributed by atoms with Gasteiger partial charge in [-0.1, -0.05) is 11.3 Å². The van der Waals surface area contributed by atoms with E-state index in [1.54, 1.807) is 6.20 Å². The highest BCUT2D eigenvalue weighted by Crippen LogP contribution is 2.20. The Labute approximate surface area is 129 Å². The van der Waals surface area contributed by atoms with Crippen molar-refractivity contribution in [3.8, 4) is 5.75 Å². The van der Waals surface area contributed by atoms with Crippen molar-refractivity contribution in [3.05, 3.63) is 27.1 Å². The Hall–Kier alpha value is -1.97. The van der Waals surface area contributed by atoms with Crippen molar-refractivity contribution in [1.82, 2.24) is 19.6 Å². The summed E-state index contributed by atoms with van der Waals surface area (Å²) in [5.74, 6) is -2.24. The number of aromatic carboxylic acids is 1. The van der Waals surface area contributed by atoms with Crippen LogP contribution in [0.25, 0.3) is 4.96 Å². The molecule has 1 atom stereocenters. The number of rotatable bonds is 3. The molecule has 0 saturated carbocycles. The Kier molecular flexibility index (Phi) is 3.85. The highest BCUT2D eigenvalue weighted by atomic mass is 32.1. The van der Waals surface area contributed by atoms with Gasteiger partial charge < -0.3 is 15.5 Å². The van der Waals surface area contributed by atoms with E-state index in [1.807, 2.05) is 0 Å². The number of aromatic hydroxyl groups is 1. The number of piperazine rings is 1. The first-order chi connectivity index (χ1) is 10.5. The van der Waals surface area contributed by atoms with E-state index in [-0.39, 0.29) is 4.96 Å². The summed E-state index contributed by atoms with van der Waals surface area (Å²) in [4.78, 5) is 30.3. The van der Waals surface area contributed by atoms with Crippen molar-refractivity contribution in [2.75, 3.05) is 19.6 Å². The number of aromatic nitrogens is 2. The molecule has 0 amide bonds. The van der Waals surface area contributed by atoms with Crippen LogP contribution in [0.3, 0.4) is 0 Å². The number of hydrogen-bond acceptors (Lipinski definition) is 7. The van der Waals surface area contributed by atoms with Crippen LogP contribution in [0.5, 0.6) is 5.75 Å². The highest BCUT2D eigenvalue weighted by Gasteiger charge is 2.21. The first-order valence-corrected chi connectivity index (χ1v) is 7.70. The molecule has 0 bridgehead atoms. The largest absolute Gasteiger partial charge is 0.501 e. The van der Waals surface area contributed by atoms with Gasteiger partial charge in [-0.05, 0) is 6.92 Å². The van der Waals surface area contributed by atoms with Gasteiger partial charge in [-0.25, -0.2) is 9.78 Å². The fourth-order valence-electron chi connectivity index (χ4n) is 2.58.